The quantitative estimate of drug-likeness (QED) is 0.135. The minimum absolute atomic E-state index is 0. The molecule has 5 nitrogen and oxygen atoms in total. The molecular weight excluding hydrogens is 1070 g/mol. The molecule has 2 aromatic heterocycles. The summed E-state index contributed by atoms with van der Waals surface area (Å²) < 4.78 is 9.17. The molecule has 7 aromatic carbocycles. The van der Waals surface area contributed by atoms with Crippen LogP contribution >= 0.6 is 0 Å². The summed E-state index contributed by atoms with van der Waals surface area (Å²) >= 11 is 0. The first-order valence-corrected chi connectivity index (χ1v) is 25.1. The summed E-state index contributed by atoms with van der Waals surface area (Å²) in [7, 11) is 0. The van der Waals surface area contributed by atoms with Crippen LogP contribution in [-0.2, 0) is 48.1 Å². The Hall–Kier alpha value is -6.42. The van der Waals surface area contributed by atoms with E-state index in [0.717, 1.165) is 55.9 Å². The Bertz CT molecular complexity index is 3370. The van der Waals surface area contributed by atoms with Crippen molar-refractivity contribution in [2.45, 2.75) is 117 Å². The van der Waals surface area contributed by atoms with Crippen LogP contribution in [0, 0.1) is 26.2 Å². The Labute approximate surface area is 450 Å². The van der Waals surface area contributed by atoms with Gasteiger partial charge in [-0.1, -0.05) is 187 Å². The maximum absolute atomic E-state index is 6.96. The summed E-state index contributed by atoms with van der Waals surface area (Å²) in [5.74, 6) is 2.08. The van der Waals surface area contributed by atoms with E-state index in [9.17, 15) is 0 Å². The van der Waals surface area contributed by atoms with Crippen LogP contribution in [0.2, 0.25) is 0 Å². The monoisotopic (exact) mass is 1140 g/mol. The van der Waals surface area contributed by atoms with Gasteiger partial charge in [-0.3, -0.25) is 0 Å². The van der Waals surface area contributed by atoms with Crippen molar-refractivity contribution in [1.29, 1.82) is 0 Å². The van der Waals surface area contributed by atoms with Gasteiger partial charge >= 0.3 is 21.1 Å². The zero-order valence-electron chi connectivity index (χ0n) is 45.2. The number of nitrogens with zero attached hydrogens (tertiary/aromatic N) is 4. The third kappa shape index (κ3) is 10.0. The number of hydrogen-bond acceptors (Lipinski definition) is 4. The van der Waals surface area contributed by atoms with E-state index in [2.05, 4.69) is 275 Å². The summed E-state index contributed by atoms with van der Waals surface area (Å²) in [4.78, 5) is 9.60. The molecule has 0 saturated heterocycles. The Morgan fingerprint density at radius 3 is 1.63 bits per heavy atom. The second kappa shape index (κ2) is 19.5. The van der Waals surface area contributed by atoms with E-state index in [1.807, 2.05) is 12.3 Å². The first-order chi connectivity index (χ1) is 33.6. The molecule has 0 unspecified atom stereocenters. The summed E-state index contributed by atoms with van der Waals surface area (Å²) in [5.41, 5.74) is 14.0. The molecule has 10 rings (SSSR count). The fourth-order valence-corrected chi connectivity index (χ4v) is 9.98. The summed E-state index contributed by atoms with van der Waals surface area (Å²) in [6, 6.07) is 64.8. The number of benzene rings is 7. The standard InChI is InChI=1S/C66H67N4O.CH3.Pt/c1-62(2,3)46-28-31-58-60(39-46)69(43-68(58)51-36-49(65(10,11)44-22-16-14-17-23-44)34-50(37-51)66(12,13)45-24-18-15-19-25-45)52-35-48(64(7,8)9)38-54(41-52)71-53-29-30-56-55-26-20-21-27-57(55)70(59(56)42-53)61-40-47(32-33-67-61)63(4,5)6;;/h14-40,43H,1-13H3;1H3;/q-3;-1;+4. The summed E-state index contributed by atoms with van der Waals surface area (Å²) in [6.45, 7) is 32.0. The number of pyridine rings is 1. The van der Waals surface area contributed by atoms with Gasteiger partial charge < -0.3 is 26.5 Å². The molecule has 0 spiro atoms. The topological polar surface area (TPSA) is 33.5 Å². The largest absolute Gasteiger partial charge is 4.00 e. The zero-order valence-corrected chi connectivity index (χ0v) is 47.5. The van der Waals surface area contributed by atoms with Gasteiger partial charge in [-0.05, 0) is 97.5 Å². The molecule has 1 aliphatic heterocycles. The number of para-hydroxylation sites is 1. The first kappa shape index (κ1) is 52.9. The van der Waals surface area contributed by atoms with Crippen LogP contribution in [-0.4, -0.2) is 9.55 Å². The van der Waals surface area contributed by atoms with Crippen LogP contribution in [0.1, 0.15) is 129 Å². The van der Waals surface area contributed by atoms with Gasteiger partial charge in [0.25, 0.3) is 0 Å². The van der Waals surface area contributed by atoms with E-state index < -0.39 is 0 Å². The molecule has 0 N–H and O–H groups in total. The molecule has 3 heterocycles. The number of fused-ring (bicyclic) bond motifs is 4. The van der Waals surface area contributed by atoms with Gasteiger partial charge in [0.1, 0.15) is 5.82 Å². The molecule has 0 fully saturated rings. The van der Waals surface area contributed by atoms with Gasteiger partial charge in [0.15, 0.2) is 0 Å². The van der Waals surface area contributed by atoms with Crippen molar-refractivity contribution >= 4 is 44.6 Å². The van der Waals surface area contributed by atoms with Crippen molar-refractivity contribution in [3.8, 4) is 17.3 Å². The first-order valence-electron chi connectivity index (χ1n) is 25.1. The Kier molecular flexibility index (Phi) is 14.1. The molecule has 0 bridgehead atoms. The normalized spacial score (nSPS) is 13.2. The average molecular weight is 1140 g/mol. The molecule has 374 valence electrons. The number of aromatic nitrogens is 2. The predicted octanol–water partition coefficient (Wildman–Crippen LogP) is 18.0. The number of hydrogen-bond donors (Lipinski definition) is 0. The Balaban J connectivity index is 0.00000356. The van der Waals surface area contributed by atoms with Crippen LogP contribution in [0.5, 0.6) is 11.5 Å². The van der Waals surface area contributed by atoms with Gasteiger partial charge in [-0.15, -0.1) is 53.6 Å². The van der Waals surface area contributed by atoms with Gasteiger partial charge in [-0.2, -0.15) is 6.07 Å². The van der Waals surface area contributed by atoms with E-state index in [1.165, 1.54) is 33.4 Å². The fraction of sp³-hybridized carbons (Fsp3) is 0.269. The molecular formula is C67H70N4OPt. The van der Waals surface area contributed by atoms with E-state index in [1.54, 1.807) is 0 Å². The number of rotatable bonds is 9. The van der Waals surface area contributed by atoms with Crippen LogP contribution in [0.25, 0.3) is 27.6 Å². The van der Waals surface area contributed by atoms with Crippen LogP contribution in [0.15, 0.2) is 164 Å². The van der Waals surface area contributed by atoms with Crippen molar-refractivity contribution in [3.63, 3.8) is 0 Å². The van der Waals surface area contributed by atoms with Crippen LogP contribution < -0.4 is 14.5 Å². The summed E-state index contributed by atoms with van der Waals surface area (Å²) in [6.07, 6.45) is 1.91. The minimum Gasteiger partial charge on any atom is -0.509 e. The fourth-order valence-electron chi connectivity index (χ4n) is 9.98. The number of anilines is 4. The van der Waals surface area contributed by atoms with Crippen LogP contribution in [0.4, 0.5) is 22.7 Å². The number of ether oxygens (including phenoxy) is 1. The average Bonchev–Trinajstić information content (AvgIpc) is 3.89. The molecule has 6 heteroatoms. The van der Waals surface area contributed by atoms with E-state index in [4.69, 9.17) is 9.72 Å². The molecule has 73 heavy (non-hydrogen) atoms. The van der Waals surface area contributed by atoms with Crippen molar-refractivity contribution in [2.75, 3.05) is 9.80 Å². The second-order valence-electron chi connectivity index (χ2n) is 23.6. The van der Waals surface area contributed by atoms with Crippen molar-refractivity contribution < 1.29 is 25.8 Å². The third-order valence-electron chi connectivity index (χ3n) is 14.8. The van der Waals surface area contributed by atoms with E-state index in [0.29, 0.717) is 11.5 Å². The predicted molar refractivity (Wildman–Crippen MR) is 304 cm³/mol. The van der Waals surface area contributed by atoms with Crippen molar-refractivity contribution in [2.24, 2.45) is 0 Å². The smallest absolute Gasteiger partial charge is 0.509 e. The van der Waals surface area contributed by atoms with E-state index >= 15 is 0 Å². The van der Waals surface area contributed by atoms with Crippen molar-refractivity contribution in [3.05, 3.63) is 229 Å². The Morgan fingerprint density at radius 1 is 0.452 bits per heavy atom. The molecule has 0 saturated carbocycles. The van der Waals surface area contributed by atoms with Gasteiger partial charge in [0.2, 0.25) is 0 Å². The maximum atomic E-state index is 6.96. The van der Waals surface area contributed by atoms with E-state index in [-0.39, 0.29) is 55.6 Å². The molecule has 0 amide bonds. The molecule has 9 aromatic rings. The second-order valence-corrected chi connectivity index (χ2v) is 23.6. The van der Waals surface area contributed by atoms with Gasteiger partial charge in [-0.25, -0.2) is 4.98 Å². The molecule has 0 atom stereocenters. The summed E-state index contributed by atoms with van der Waals surface area (Å²) in [5, 5.41) is 2.23. The van der Waals surface area contributed by atoms with Crippen LogP contribution in [0.3, 0.4) is 0 Å². The van der Waals surface area contributed by atoms with Gasteiger partial charge in [0, 0.05) is 51.1 Å². The minimum atomic E-state index is -0.278. The van der Waals surface area contributed by atoms with Gasteiger partial charge in [0.05, 0.1) is 0 Å². The Morgan fingerprint density at radius 2 is 1.03 bits per heavy atom. The van der Waals surface area contributed by atoms with Crippen molar-refractivity contribution in [1.82, 2.24) is 9.55 Å². The zero-order chi connectivity index (χ0) is 50.3. The molecule has 1 aliphatic rings. The SMILES string of the molecule is CC(C)(C)c1cc(Oc2[c-]c3c(cc2)c2ccccc2n3-c2cc(C(C)(C)C)ccn2)[c-]c(N2[CH-]N(c3cc(C(C)(C)c4ccccc4)cc(C(C)(C)c4ccccc4)c3)c3ccc(C(C)(C)C)cc32)c1.[CH3-].[Pt+4]. The molecule has 0 radical (unpaired) electrons. The maximum Gasteiger partial charge on any atom is 4.00 e. The molecule has 0 aliphatic carbocycles. The third-order valence-corrected chi connectivity index (χ3v) is 14.8.